The average Bonchev–Trinajstić information content (AvgIpc) is 3.80. The fourth-order valence-electron chi connectivity index (χ4n) is 5.19. The summed E-state index contributed by atoms with van der Waals surface area (Å²) in [5, 5.41) is 14.4. The SMILES string of the molecule is CNc1nc2ccc(CCc3nc4ccc(C)cc4c4nc(-c5ccco5)nn34)cc2c2nc(-c3ccco3)nn12. The van der Waals surface area contributed by atoms with Crippen molar-refractivity contribution in [3.8, 4) is 23.2 Å². The zero-order chi connectivity index (χ0) is 27.5. The van der Waals surface area contributed by atoms with Crippen molar-refractivity contribution in [1.82, 2.24) is 39.2 Å². The Labute approximate surface area is 232 Å². The van der Waals surface area contributed by atoms with Gasteiger partial charge < -0.3 is 14.2 Å². The van der Waals surface area contributed by atoms with Gasteiger partial charge in [-0.15, -0.1) is 10.2 Å². The predicted octanol–water partition coefficient (Wildman–Crippen LogP) is 5.52. The molecule has 6 aromatic heterocycles. The molecular formula is C30H23N9O2. The van der Waals surface area contributed by atoms with Crippen LogP contribution in [-0.4, -0.2) is 46.2 Å². The first-order valence-electron chi connectivity index (χ1n) is 13.3. The molecular weight excluding hydrogens is 518 g/mol. The summed E-state index contributed by atoms with van der Waals surface area (Å²) in [5.41, 5.74) is 5.43. The summed E-state index contributed by atoms with van der Waals surface area (Å²) in [6.45, 7) is 2.06. The summed E-state index contributed by atoms with van der Waals surface area (Å²) in [7, 11) is 1.82. The van der Waals surface area contributed by atoms with E-state index in [-0.39, 0.29) is 0 Å². The van der Waals surface area contributed by atoms with E-state index in [1.54, 1.807) is 17.0 Å². The first kappa shape index (κ1) is 23.3. The van der Waals surface area contributed by atoms with Crippen LogP contribution in [0.1, 0.15) is 17.0 Å². The molecule has 0 aliphatic rings. The van der Waals surface area contributed by atoms with E-state index in [2.05, 4.69) is 41.6 Å². The Hall–Kier alpha value is -5.58. The van der Waals surface area contributed by atoms with Gasteiger partial charge in [-0.2, -0.15) is 9.03 Å². The number of hydrogen-bond donors (Lipinski definition) is 1. The monoisotopic (exact) mass is 541 g/mol. The third-order valence-electron chi connectivity index (χ3n) is 7.17. The van der Waals surface area contributed by atoms with Gasteiger partial charge in [0.05, 0.1) is 23.6 Å². The third-order valence-corrected chi connectivity index (χ3v) is 7.17. The second-order valence-corrected chi connectivity index (χ2v) is 9.88. The highest BCUT2D eigenvalue weighted by molar-refractivity contribution is 5.94. The topological polar surface area (TPSA) is 124 Å². The number of furan rings is 2. The zero-order valence-corrected chi connectivity index (χ0v) is 22.2. The van der Waals surface area contributed by atoms with E-state index in [0.29, 0.717) is 41.2 Å². The van der Waals surface area contributed by atoms with Crippen LogP contribution < -0.4 is 5.32 Å². The predicted molar refractivity (Wildman–Crippen MR) is 154 cm³/mol. The quantitative estimate of drug-likeness (QED) is 0.289. The lowest BCUT2D eigenvalue weighted by molar-refractivity contribution is 0.576. The molecule has 0 spiro atoms. The summed E-state index contributed by atoms with van der Waals surface area (Å²) >= 11 is 0. The van der Waals surface area contributed by atoms with E-state index in [0.717, 1.165) is 50.8 Å². The van der Waals surface area contributed by atoms with Crippen molar-refractivity contribution in [3.63, 3.8) is 0 Å². The molecule has 0 unspecified atom stereocenters. The van der Waals surface area contributed by atoms with E-state index in [9.17, 15) is 0 Å². The van der Waals surface area contributed by atoms with Crippen LogP contribution in [0.4, 0.5) is 5.95 Å². The Balaban J connectivity index is 1.21. The Bertz CT molecular complexity index is 2210. The van der Waals surface area contributed by atoms with Gasteiger partial charge in [0.2, 0.25) is 17.6 Å². The third kappa shape index (κ3) is 3.81. The molecule has 0 saturated heterocycles. The van der Waals surface area contributed by atoms with E-state index >= 15 is 0 Å². The number of nitrogens with zero attached hydrogens (tertiary/aromatic N) is 8. The van der Waals surface area contributed by atoms with Crippen LogP contribution in [0.15, 0.2) is 82.0 Å². The smallest absolute Gasteiger partial charge is 0.226 e. The molecule has 0 aliphatic carbocycles. The van der Waals surface area contributed by atoms with Gasteiger partial charge in [0, 0.05) is 24.2 Å². The second-order valence-electron chi connectivity index (χ2n) is 9.88. The number of benzene rings is 2. The highest BCUT2D eigenvalue weighted by Gasteiger charge is 2.18. The Morgan fingerprint density at radius 3 is 2.07 bits per heavy atom. The number of nitrogens with one attached hydrogen (secondary N) is 1. The number of hydrogen-bond acceptors (Lipinski definition) is 9. The van der Waals surface area contributed by atoms with Crippen LogP contribution in [0, 0.1) is 6.92 Å². The molecule has 1 N–H and O–H groups in total. The molecule has 11 nitrogen and oxygen atoms in total. The number of aromatic nitrogens is 8. The Morgan fingerprint density at radius 1 is 0.707 bits per heavy atom. The maximum Gasteiger partial charge on any atom is 0.226 e. The summed E-state index contributed by atoms with van der Waals surface area (Å²) in [4.78, 5) is 19.4. The number of fused-ring (bicyclic) bond motifs is 6. The molecule has 0 amide bonds. The summed E-state index contributed by atoms with van der Waals surface area (Å²) in [6, 6.07) is 19.8. The van der Waals surface area contributed by atoms with Crippen molar-refractivity contribution in [1.29, 1.82) is 0 Å². The molecule has 8 rings (SSSR count). The zero-order valence-electron chi connectivity index (χ0n) is 22.2. The van der Waals surface area contributed by atoms with Crippen LogP contribution in [0.3, 0.4) is 0 Å². The summed E-state index contributed by atoms with van der Waals surface area (Å²) in [5.74, 6) is 3.67. The molecule has 0 saturated carbocycles. The van der Waals surface area contributed by atoms with Crippen LogP contribution in [0.2, 0.25) is 0 Å². The molecule has 200 valence electrons. The number of anilines is 1. The van der Waals surface area contributed by atoms with Crippen molar-refractivity contribution in [2.45, 2.75) is 19.8 Å². The largest absolute Gasteiger partial charge is 0.461 e. The summed E-state index contributed by atoms with van der Waals surface area (Å²) in [6.07, 6.45) is 4.61. The molecule has 0 fully saturated rings. The number of aryl methyl sites for hydroxylation is 3. The van der Waals surface area contributed by atoms with E-state index in [1.807, 2.05) is 48.0 Å². The highest BCUT2D eigenvalue weighted by Crippen LogP contribution is 2.27. The van der Waals surface area contributed by atoms with Crippen molar-refractivity contribution in [2.24, 2.45) is 0 Å². The molecule has 0 radical (unpaired) electrons. The summed E-state index contributed by atoms with van der Waals surface area (Å²) < 4.78 is 14.7. The van der Waals surface area contributed by atoms with E-state index < -0.39 is 0 Å². The molecule has 0 aliphatic heterocycles. The van der Waals surface area contributed by atoms with Crippen molar-refractivity contribution < 1.29 is 8.83 Å². The van der Waals surface area contributed by atoms with Gasteiger partial charge in [0.25, 0.3) is 0 Å². The average molecular weight is 542 g/mol. The van der Waals surface area contributed by atoms with E-state index in [1.165, 1.54) is 0 Å². The molecule has 8 aromatic rings. The first-order chi connectivity index (χ1) is 20.1. The second kappa shape index (κ2) is 8.98. The molecule has 0 atom stereocenters. The minimum atomic E-state index is 0.503. The fourth-order valence-corrected chi connectivity index (χ4v) is 5.19. The van der Waals surface area contributed by atoms with Gasteiger partial charge in [0.15, 0.2) is 22.8 Å². The Morgan fingerprint density at radius 2 is 1.37 bits per heavy atom. The van der Waals surface area contributed by atoms with Crippen molar-refractivity contribution in [2.75, 3.05) is 12.4 Å². The maximum atomic E-state index is 5.58. The van der Waals surface area contributed by atoms with E-state index in [4.69, 9.17) is 33.9 Å². The highest BCUT2D eigenvalue weighted by atomic mass is 16.3. The van der Waals surface area contributed by atoms with Crippen LogP contribution in [0.25, 0.3) is 56.3 Å². The molecule has 2 aromatic carbocycles. The lowest BCUT2D eigenvalue weighted by atomic mass is 10.1. The van der Waals surface area contributed by atoms with Gasteiger partial charge in [-0.05, 0) is 67.4 Å². The minimum Gasteiger partial charge on any atom is -0.461 e. The van der Waals surface area contributed by atoms with Gasteiger partial charge in [0.1, 0.15) is 5.82 Å². The van der Waals surface area contributed by atoms with Crippen molar-refractivity contribution >= 4 is 39.0 Å². The van der Waals surface area contributed by atoms with Gasteiger partial charge >= 0.3 is 0 Å². The van der Waals surface area contributed by atoms with Gasteiger partial charge in [-0.3, -0.25) is 0 Å². The molecule has 0 bridgehead atoms. The fraction of sp³-hybridized carbons (Fsp3) is 0.133. The van der Waals surface area contributed by atoms with Gasteiger partial charge in [-0.1, -0.05) is 17.7 Å². The lowest BCUT2D eigenvalue weighted by Gasteiger charge is -2.09. The van der Waals surface area contributed by atoms with Crippen molar-refractivity contribution in [3.05, 3.63) is 90.1 Å². The van der Waals surface area contributed by atoms with Gasteiger partial charge in [-0.25, -0.2) is 19.9 Å². The lowest BCUT2D eigenvalue weighted by Crippen LogP contribution is -2.06. The number of rotatable bonds is 6. The molecule has 6 heterocycles. The van der Waals surface area contributed by atoms with Crippen LogP contribution in [-0.2, 0) is 12.8 Å². The van der Waals surface area contributed by atoms with Crippen LogP contribution >= 0.6 is 0 Å². The Kier molecular flexibility index (Phi) is 5.11. The normalized spacial score (nSPS) is 11.9. The molecule has 11 heteroatoms. The maximum absolute atomic E-state index is 5.58. The minimum absolute atomic E-state index is 0.503. The van der Waals surface area contributed by atoms with Crippen LogP contribution in [0.5, 0.6) is 0 Å². The standard InChI is InChI=1S/C30H23N9O2/c1-17-7-10-21-19(15-17)28-34-26(23-5-3-13-40-23)36-38(28)25(32-21)12-9-18-8-11-22-20(16-18)29-35-27(24-6-4-14-41-24)37-39(29)30(31-2)33-22/h3-8,10-11,13-16H,9,12H2,1-2H3,(H,31,33). The first-order valence-corrected chi connectivity index (χ1v) is 13.3. The molecule has 41 heavy (non-hydrogen) atoms.